The number of aryl methyl sites for hydroxylation is 2. The van der Waals surface area contributed by atoms with Gasteiger partial charge in [0.1, 0.15) is 0 Å². The second kappa shape index (κ2) is 8.79. The van der Waals surface area contributed by atoms with E-state index in [9.17, 15) is 13.2 Å². The lowest BCUT2D eigenvalue weighted by atomic mass is 9.99. The maximum atomic E-state index is 13.1. The molecule has 152 valence electrons. The minimum absolute atomic E-state index is 0.0514. The molecule has 0 aromatic heterocycles. The Morgan fingerprint density at radius 1 is 1.14 bits per heavy atom. The first-order valence-electron chi connectivity index (χ1n) is 9.91. The first-order chi connectivity index (χ1) is 13.8. The molecule has 1 aliphatic heterocycles. The fraction of sp³-hybridized carbons (Fsp3) is 0.391. The van der Waals surface area contributed by atoms with Crippen molar-refractivity contribution in [2.45, 2.75) is 50.5 Å². The quantitative estimate of drug-likeness (QED) is 0.663. The predicted octanol–water partition coefficient (Wildman–Crippen LogP) is 4.36. The molecule has 1 amide bonds. The lowest BCUT2D eigenvalue weighted by molar-refractivity contribution is 0.0735. The fourth-order valence-electron chi connectivity index (χ4n) is 3.99. The second-order valence-electron chi connectivity index (χ2n) is 7.68. The lowest BCUT2D eigenvalue weighted by Gasteiger charge is -2.26. The number of rotatable bonds is 6. The van der Waals surface area contributed by atoms with Gasteiger partial charge in [0.05, 0.1) is 22.8 Å². The third-order valence-corrected chi connectivity index (χ3v) is 7.12. The van der Waals surface area contributed by atoms with E-state index in [4.69, 9.17) is 5.26 Å². The minimum atomic E-state index is -3.43. The number of nitriles is 1. The standard InChI is InChI=1S/C23H26N2O3S/c1-17-14-18(2)16-20(15-17)22-6-5-12-25(22)23(26)19-7-9-21(10-8-19)29(27,28)13-4-3-11-24/h7-10,14-16,22H,3-6,12-13H2,1-2H3. The highest BCUT2D eigenvalue weighted by atomic mass is 32.2. The number of likely N-dealkylation sites (tertiary alicyclic amines) is 1. The molecule has 0 spiro atoms. The number of carbonyl (C=O) groups is 1. The predicted molar refractivity (Wildman–Crippen MR) is 112 cm³/mol. The normalized spacial score (nSPS) is 16.6. The van der Waals surface area contributed by atoms with Crippen molar-refractivity contribution < 1.29 is 13.2 Å². The fourth-order valence-corrected chi connectivity index (χ4v) is 5.30. The van der Waals surface area contributed by atoms with Gasteiger partial charge in [0.25, 0.3) is 5.91 Å². The molecule has 1 heterocycles. The summed E-state index contributed by atoms with van der Waals surface area (Å²) >= 11 is 0. The first kappa shape index (κ1) is 21.1. The highest BCUT2D eigenvalue weighted by Gasteiger charge is 2.31. The smallest absolute Gasteiger partial charge is 0.254 e. The monoisotopic (exact) mass is 410 g/mol. The molecule has 1 atom stereocenters. The Labute approximate surface area is 172 Å². The second-order valence-corrected chi connectivity index (χ2v) is 9.79. The van der Waals surface area contributed by atoms with Crippen molar-refractivity contribution in [3.8, 4) is 6.07 Å². The van der Waals surface area contributed by atoms with E-state index in [1.54, 1.807) is 12.1 Å². The summed E-state index contributed by atoms with van der Waals surface area (Å²) < 4.78 is 24.7. The number of unbranched alkanes of at least 4 members (excludes halogenated alkanes) is 1. The zero-order chi connectivity index (χ0) is 21.0. The average molecular weight is 411 g/mol. The van der Waals surface area contributed by atoms with Gasteiger partial charge >= 0.3 is 0 Å². The number of hydrogen-bond donors (Lipinski definition) is 0. The Hall–Kier alpha value is -2.65. The van der Waals surface area contributed by atoms with Crippen LogP contribution in [-0.2, 0) is 9.84 Å². The summed E-state index contributed by atoms with van der Waals surface area (Å²) in [4.78, 5) is 15.2. The molecule has 0 saturated carbocycles. The largest absolute Gasteiger partial charge is 0.332 e. The molecule has 0 aliphatic carbocycles. The minimum Gasteiger partial charge on any atom is -0.332 e. The van der Waals surface area contributed by atoms with Crippen LogP contribution in [0, 0.1) is 25.2 Å². The van der Waals surface area contributed by atoms with E-state index in [0.717, 1.165) is 18.4 Å². The molecule has 1 fully saturated rings. The van der Waals surface area contributed by atoms with Crippen LogP contribution in [0.1, 0.15) is 58.8 Å². The van der Waals surface area contributed by atoms with Crippen molar-refractivity contribution in [1.82, 2.24) is 4.90 Å². The van der Waals surface area contributed by atoms with Crippen LogP contribution in [0.2, 0.25) is 0 Å². The molecule has 1 unspecified atom stereocenters. The van der Waals surface area contributed by atoms with Crippen LogP contribution >= 0.6 is 0 Å². The van der Waals surface area contributed by atoms with Crippen LogP contribution in [0.3, 0.4) is 0 Å². The number of carbonyl (C=O) groups excluding carboxylic acids is 1. The van der Waals surface area contributed by atoms with Gasteiger partial charge in [-0.1, -0.05) is 29.3 Å². The van der Waals surface area contributed by atoms with Crippen LogP contribution in [-0.4, -0.2) is 31.5 Å². The lowest BCUT2D eigenvalue weighted by Crippen LogP contribution is -2.30. The van der Waals surface area contributed by atoms with Gasteiger partial charge in [0.2, 0.25) is 0 Å². The number of nitrogens with zero attached hydrogens (tertiary/aromatic N) is 2. The SMILES string of the molecule is Cc1cc(C)cc(C2CCCN2C(=O)c2ccc(S(=O)(=O)CCCC#N)cc2)c1. The summed E-state index contributed by atoms with van der Waals surface area (Å²) in [7, 11) is -3.43. The molecule has 2 aromatic rings. The van der Waals surface area contributed by atoms with E-state index in [0.29, 0.717) is 18.5 Å². The molecule has 29 heavy (non-hydrogen) atoms. The Morgan fingerprint density at radius 2 is 1.79 bits per heavy atom. The Bertz CT molecular complexity index is 1020. The third kappa shape index (κ3) is 4.86. The van der Waals surface area contributed by atoms with Gasteiger partial charge in [0.15, 0.2) is 9.84 Å². The van der Waals surface area contributed by atoms with Crippen molar-refractivity contribution in [3.05, 3.63) is 64.7 Å². The summed E-state index contributed by atoms with van der Waals surface area (Å²) in [6.07, 6.45) is 2.41. The van der Waals surface area contributed by atoms with Crippen molar-refractivity contribution in [3.63, 3.8) is 0 Å². The van der Waals surface area contributed by atoms with E-state index in [1.165, 1.54) is 23.3 Å². The van der Waals surface area contributed by atoms with Crippen molar-refractivity contribution in [2.24, 2.45) is 0 Å². The van der Waals surface area contributed by atoms with Gasteiger partial charge < -0.3 is 4.90 Å². The molecule has 0 radical (unpaired) electrons. The van der Waals surface area contributed by atoms with Crippen molar-refractivity contribution >= 4 is 15.7 Å². The molecule has 1 saturated heterocycles. The van der Waals surface area contributed by atoms with Gasteiger partial charge in [0, 0.05) is 18.5 Å². The Balaban J connectivity index is 1.78. The van der Waals surface area contributed by atoms with Crippen molar-refractivity contribution in [2.75, 3.05) is 12.3 Å². The van der Waals surface area contributed by atoms with Crippen LogP contribution in [0.15, 0.2) is 47.4 Å². The average Bonchev–Trinajstić information content (AvgIpc) is 3.17. The van der Waals surface area contributed by atoms with E-state index in [-0.39, 0.29) is 29.0 Å². The van der Waals surface area contributed by atoms with Gasteiger partial charge in [-0.05, 0) is 62.9 Å². The van der Waals surface area contributed by atoms with Gasteiger partial charge in [-0.25, -0.2) is 8.42 Å². The molecule has 5 nitrogen and oxygen atoms in total. The van der Waals surface area contributed by atoms with E-state index in [2.05, 4.69) is 32.0 Å². The van der Waals surface area contributed by atoms with Crippen LogP contribution in [0.5, 0.6) is 0 Å². The number of sulfone groups is 1. The Morgan fingerprint density at radius 3 is 2.41 bits per heavy atom. The molecule has 0 bridgehead atoms. The molecule has 2 aromatic carbocycles. The Kier molecular flexibility index (Phi) is 6.39. The van der Waals surface area contributed by atoms with Crippen molar-refractivity contribution in [1.29, 1.82) is 5.26 Å². The number of amides is 1. The molecule has 3 rings (SSSR count). The summed E-state index contributed by atoms with van der Waals surface area (Å²) in [6, 6.07) is 14.6. The summed E-state index contributed by atoms with van der Waals surface area (Å²) in [6.45, 7) is 4.82. The highest BCUT2D eigenvalue weighted by Crippen LogP contribution is 2.34. The first-order valence-corrected chi connectivity index (χ1v) is 11.6. The maximum Gasteiger partial charge on any atom is 0.254 e. The summed E-state index contributed by atoms with van der Waals surface area (Å²) in [5, 5.41) is 8.58. The third-order valence-electron chi connectivity index (χ3n) is 5.30. The summed E-state index contributed by atoms with van der Waals surface area (Å²) in [5.74, 6) is -0.130. The van der Waals surface area contributed by atoms with Crippen LogP contribution in [0.25, 0.3) is 0 Å². The van der Waals surface area contributed by atoms with E-state index < -0.39 is 9.84 Å². The van der Waals surface area contributed by atoms with Crippen LogP contribution < -0.4 is 0 Å². The zero-order valence-corrected chi connectivity index (χ0v) is 17.7. The number of benzene rings is 2. The van der Waals surface area contributed by atoms with E-state index in [1.807, 2.05) is 11.0 Å². The van der Waals surface area contributed by atoms with Crippen LogP contribution in [0.4, 0.5) is 0 Å². The molecule has 0 N–H and O–H groups in total. The molecule has 1 aliphatic rings. The zero-order valence-electron chi connectivity index (χ0n) is 16.9. The number of hydrogen-bond acceptors (Lipinski definition) is 4. The highest BCUT2D eigenvalue weighted by molar-refractivity contribution is 7.91. The molecular formula is C23H26N2O3S. The molecular weight excluding hydrogens is 384 g/mol. The van der Waals surface area contributed by atoms with Gasteiger partial charge in [-0.15, -0.1) is 0 Å². The summed E-state index contributed by atoms with van der Waals surface area (Å²) in [5.41, 5.74) is 4.03. The van der Waals surface area contributed by atoms with E-state index >= 15 is 0 Å². The van der Waals surface area contributed by atoms with Gasteiger partial charge in [-0.3, -0.25) is 4.79 Å². The maximum absolute atomic E-state index is 13.1. The molecule has 6 heteroatoms. The van der Waals surface area contributed by atoms with Gasteiger partial charge in [-0.2, -0.15) is 5.26 Å². The topological polar surface area (TPSA) is 78.2 Å².